The van der Waals surface area contributed by atoms with Crippen molar-refractivity contribution in [1.29, 1.82) is 0 Å². The second kappa shape index (κ2) is 6.01. The van der Waals surface area contributed by atoms with Crippen LogP contribution in [0.4, 0.5) is 5.69 Å². The van der Waals surface area contributed by atoms with Gasteiger partial charge in [0.05, 0.1) is 11.0 Å². The molecule has 1 aliphatic rings. The number of halogens is 1. The molecule has 1 N–H and O–H groups in total. The summed E-state index contributed by atoms with van der Waals surface area (Å²) in [5, 5.41) is 14.6. The summed E-state index contributed by atoms with van der Waals surface area (Å²) < 4.78 is 0. The molecule has 0 spiro atoms. The zero-order valence-electron chi connectivity index (χ0n) is 12.5. The van der Waals surface area contributed by atoms with Crippen LogP contribution in [0.3, 0.4) is 0 Å². The highest BCUT2D eigenvalue weighted by molar-refractivity contribution is 6.30. The Kier molecular flexibility index (Phi) is 4.05. The van der Waals surface area contributed by atoms with Gasteiger partial charge in [0, 0.05) is 22.2 Å². The molecule has 0 unspecified atom stereocenters. The van der Waals surface area contributed by atoms with Gasteiger partial charge < -0.3 is 5.32 Å². The van der Waals surface area contributed by atoms with E-state index in [0.29, 0.717) is 16.1 Å². The van der Waals surface area contributed by atoms with Crippen molar-refractivity contribution in [1.82, 2.24) is 5.32 Å². The highest BCUT2D eigenvalue weighted by Crippen LogP contribution is 2.33. The number of hydrogen-bond donors (Lipinski definition) is 1. The number of nitrogens with zero attached hydrogens (tertiary/aromatic N) is 1. The van der Waals surface area contributed by atoms with Crippen molar-refractivity contribution in [2.45, 2.75) is 25.8 Å². The molecular weight excluding hydrogens is 316 g/mol. The lowest BCUT2D eigenvalue weighted by molar-refractivity contribution is -0.385. The highest BCUT2D eigenvalue weighted by atomic mass is 35.5. The third-order valence-corrected chi connectivity index (χ3v) is 4.39. The molecule has 1 amide bonds. The van der Waals surface area contributed by atoms with Crippen LogP contribution >= 0.6 is 11.6 Å². The lowest BCUT2D eigenvalue weighted by atomic mass is 10.1. The van der Waals surface area contributed by atoms with Crippen molar-refractivity contribution in [2.75, 3.05) is 0 Å². The number of nitro groups is 1. The van der Waals surface area contributed by atoms with Gasteiger partial charge in [0.25, 0.3) is 11.6 Å². The lowest BCUT2D eigenvalue weighted by Gasteiger charge is -2.14. The van der Waals surface area contributed by atoms with Gasteiger partial charge in [0.1, 0.15) is 0 Å². The molecule has 1 atom stereocenters. The maximum atomic E-state index is 12.4. The SMILES string of the molecule is Cc1ccc(C(=O)N[C@@H]2CCc3cc(Cl)ccc32)cc1[N+](=O)[O-]. The van der Waals surface area contributed by atoms with E-state index in [9.17, 15) is 14.9 Å². The van der Waals surface area contributed by atoms with Crippen LogP contribution in [-0.4, -0.2) is 10.8 Å². The Labute approximate surface area is 138 Å². The Morgan fingerprint density at radius 3 is 2.83 bits per heavy atom. The van der Waals surface area contributed by atoms with Crippen LogP contribution in [0.25, 0.3) is 0 Å². The second-order valence-corrected chi connectivity index (χ2v) is 6.10. The Morgan fingerprint density at radius 2 is 2.09 bits per heavy atom. The van der Waals surface area contributed by atoms with E-state index in [-0.39, 0.29) is 17.6 Å². The van der Waals surface area contributed by atoms with Crippen LogP contribution in [-0.2, 0) is 6.42 Å². The summed E-state index contributed by atoms with van der Waals surface area (Å²) in [6, 6.07) is 10.1. The predicted octanol–water partition coefficient (Wildman–Crippen LogP) is 3.97. The number of rotatable bonds is 3. The van der Waals surface area contributed by atoms with Crippen LogP contribution in [0.1, 0.15) is 39.5 Å². The average molecular weight is 331 g/mol. The van der Waals surface area contributed by atoms with Gasteiger partial charge >= 0.3 is 0 Å². The summed E-state index contributed by atoms with van der Waals surface area (Å²) in [5.74, 6) is -0.305. The van der Waals surface area contributed by atoms with Gasteiger partial charge in [-0.05, 0) is 49.1 Å². The zero-order chi connectivity index (χ0) is 16.6. The first-order valence-electron chi connectivity index (χ1n) is 7.30. The predicted molar refractivity (Wildman–Crippen MR) is 87.8 cm³/mol. The van der Waals surface area contributed by atoms with E-state index >= 15 is 0 Å². The standard InChI is InChI=1S/C17H15ClN2O3/c1-10-2-3-12(9-16(10)20(22)23)17(21)19-15-7-4-11-8-13(18)5-6-14(11)15/h2-3,5-6,8-9,15H,4,7H2,1H3,(H,19,21)/t15-/m1/s1. The number of nitro benzene ring substituents is 1. The number of carbonyl (C=O) groups excluding carboxylic acids is 1. The van der Waals surface area contributed by atoms with Crippen molar-refractivity contribution in [2.24, 2.45) is 0 Å². The fraction of sp³-hybridized carbons (Fsp3) is 0.235. The minimum Gasteiger partial charge on any atom is -0.345 e. The van der Waals surface area contributed by atoms with Gasteiger partial charge in [-0.1, -0.05) is 23.7 Å². The molecule has 0 heterocycles. The number of amides is 1. The quantitative estimate of drug-likeness (QED) is 0.683. The van der Waals surface area contributed by atoms with Gasteiger partial charge in [-0.2, -0.15) is 0 Å². The molecule has 0 saturated carbocycles. The van der Waals surface area contributed by atoms with Crippen LogP contribution in [0, 0.1) is 17.0 Å². The molecule has 0 fully saturated rings. The maximum Gasteiger partial charge on any atom is 0.273 e. The first-order chi connectivity index (χ1) is 11.0. The minimum absolute atomic E-state index is 0.0451. The molecule has 0 bridgehead atoms. The van der Waals surface area contributed by atoms with Crippen LogP contribution in [0.15, 0.2) is 36.4 Å². The molecule has 2 aromatic rings. The first-order valence-corrected chi connectivity index (χ1v) is 7.68. The molecule has 0 saturated heterocycles. The Morgan fingerprint density at radius 1 is 1.30 bits per heavy atom. The van der Waals surface area contributed by atoms with E-state index in [0.717, 1.165) is 24.0 Å². The number of fused-ring (bicyclic) bond motifs is 1. The molecule has 6 heteroatoms. The van der Waals surface area contributed by atoms with E-state index < -0.39 is 4.92 Å². The Bertz CT molecular complexity index is 804. The van der Waals surface area contributed by atoms with E-state index in [2.05, 4.69) is 5.32 Å². The maximum absolute atomic E-state index is 12.4. The smallest absolute Gasteiger partial charge is 0.273 e. The highest BCUT2D eigenvalue weighted by Gasteiger charge is 2.25. The van der Waals surface area contributed by atoms with Gasteiger partial charge in [-0.15, -0.1) is 0 Å². The molecule has 118 valence electrons. The largest absolute Gasteiger partial charge is 0.345 e. The fourth-order valence-corrected chi connectivity index (χ4v) is 3.12. The molecule has 0 aliphatic heterocycles. The summed E-state index contributed by atoms with van der Waals surface area (Å²) in [6.07, 6.45) is 1.66. The van der Waals surface area contributed by atoms with Crippen LogP contribution < -0.4 is 5.32 Å². The number of aryl methyl sites for hydroxylation is 2. The molecule has 0 aromatic heterocycles. The summed E-state index contributed by atoms with van der Waals surface area (Å²) in [4.78, 5) is 22.9. The van der Waals surface area contributed by atoms with Crippen molar-refractivity contribution in [3.05, 3.63) is 73.8 Å². The molecule has 1 aliphatic carbocycles. The van der Waals surface area contributed by atoms with E-state index in [1.807, 2.05) is 18.2 Å². The monoisotopic (exact) mass is 330 g/mol. The van der Waals surface area contributed by atoms with E-state index in [1.54, 1.807) is 19.1 Å². The number of benzene rings is 2. The lowest BCUT2D eigenvalue weighted by Crippen LogP contribution is -2.27. The van der Waals surface area contributed by atoms with Crippen molar-refractivity contribution in [3.63, 3.8) is 0 Å². The molecule has 23 heavy (non-hydrogen) atoms. The van der Waals surface area contributed by atoms with Crippen LogP contribution in [0.5, 0.6) is 0 Å². The molecule has 2 aromatic carbocycles. The summed E-state index contributed by atoms with van der Waals surface area (Å²) in [7, 11) is 0. The normalized spacial score (nSPS) is 16.0. The van der Waals surface area contributed by atoms with E-state index in [1.165, 1.54) is 6.07 Å². The van der Waals surface area contributed by atoms with Gasteiger partial charge in [-0.25, -0.2) is 0 Å². The fourth-order valence-electron chi connectivity index (χ4n) is 2.92. The molecule has 0 radical (unpaired) electrons. The first kappa shape index (κ1) is 15.5. The van der Waals surface area contributed by atoms with Gasteiger partial charge in [0.2, 0.25) is 0 Å². The molecule has 3 rings (SSSR count). The second-order valence-electron chi connectivity index (χ2n) is 5.67. The molecule has 5 nitrogen and oxygen atoms in total. The van der Waals surface area contributed by atoms with Crippen molar-refractivity contribution < 1.29 is 9.72 Å². The summed E-state index contributed by atoms with van der Waals surface area (Å²) >= 11 is 5.98. The summed E-state index contributed by atoms with van der Waals surface area (Å²) in [6.45, 7) is 1.65. The third kappa shape index (κ3) is 3.05. The van der Waals surface area contributed by atoms with Gasteiger partial charge in [0.15, 0.2) is 0 Å². The Balaban J connectivity index is 1.81. The molecular formula is C17H15ClN2O3. The Hall–Kier alpha value is -2.40. The van der Waals surface area contributed by atoms with Crippen molar-refractivity contribution in [3.8, 4) is 0 Å². The van der Waals surface area contributed by atoms with Gasteiger partial charge in [-0.3, -0.25) is 14.9 Å². The van der Waals surface area contributed by atoms with Crippen molar-refractivity contribution >= 4 is 23.2 Å². The van der Waals surface area contributed by atoms with Crippen LogP contribution in [0.2, 0.25) is 5.02 Å². The third-order valence-electron chi connectivity index (χ3n) is 4.16. The zero-order valence-corrected chi connectivity index (χ0v) is 13.3. The van der Waals surface area contributed by atoms with E-state index in [4.69, 9.17) is 11.6 Å². The minimum atomic E-state index is -0.473. The summed E-state index contributed by atoms with van der Waals surface area (Å²) in [5.41, 5.74) is 2.98. The number of carbonyl (C=O) groups is 1. The average Bonchev–Trinajstić information content (AvgIpc) is 2.89. The number of hydrogen-bond acceptors (Lipinski definition) is 3. The topological polar surface area (TPSA) is 72.2 Å². The number of nitrogens with one attached hydrogen (secondary N) is 1.